The number of carbonyl (C=O) groups excluding carboxylic acids is 1. The number of thiazole rings is 1. The monoisotopic (exact) mass is 345 g/mol. The number of amides is 1. The molecule has 21 heavy (non-hydrogen) atoms. The van der Waals surface area contributed by atoms with Crippen LogP contribution in [0.5, 0.6) is 0 Å². The summed E-state index contributed by atoms with van der Waals surface area (Å²) in [6.45, 7) is 0.794. The number of halogens is 1. The third kappa shape index (κ3) is 4.21. The molecule has 0 saturated carbocycles. The number of hydrogen-bond donors (Lipinski definition) is 0. The lowest BCUT2D eigenvalue weighted by Crippen LogP contribution is -2.26. The molecule has 2 heterocycles. The van der Waals surface area contributed by atoms with Crippen molar-refractivity contribution in [2.75, 3.05) is 30.5 Å². The molecule has 5 nitrogen and oxygen atoms in total. The molecule has 0 fully saturated rings. The molecule has 2 rings (SSSR count). The fourth-order valence-electron chi connectivity index (χ4n) is 1.79. The Morgan fingerprint density at radius 1 is 1.57 bits per heavy atom. The van der Waals surface area contributed by atoms with E-state index in [0.29, 0.717) is 15.9 Å². The van der Waals surface area contributed by atoms with Gasteiger partial charge in [0.05, 0.1) is 0 Å². The highest BCUT2D eigenvalue weighted by molar-refractivity contribution is 7.84. The molecule has 8 heteroatoms. The largest absolute Gasteiger partial charge is 0.304 e. The van der Waals surface area contributed by atoms with E-state index in [1.807, 2.05) is 0 Å². The van der Waals surface area contributed by atoms with Crippen molar-refractivity contribution in [3.8, 4) is 0 Å². The molecule has 1 aromatic rings. The maximum atomic E-state index is 12.1. The third-order valence-electron chi connectivity index (χ3n) is 2.95. The van der Waals surface area contributed by atoms with E-state index in [2.05, 4.69) is 16.1 Å². The molecule has 114 valence electrons. The molecule has 0 N–H and O–H groups in total. The van der Waals surface area contributed by atoms with Crippen molar-refractivity contribution in [3.05, 3.63) is 16.2 Å². The first-order valence-electron chi connectivity index (χ1n) is 6.42. The first-order chi connectivity index (χ1) is 9.99. The Kier molecular flexibility index (Phi) is 5.66. The Morgan fingerprint density at radius 3 is 2.95 bits per heavy atom. The van der Waals surface area contributed by atoms with Gasteiger partial charge >= 0.3 is 0 Å². The van der Waals surface area contributed by atoms with Crippen LogP contribution in [0.3, 0.4) is 0 Å². The number of carbonyl (C=O) groups is 1. The average molecular weight is 346 g/mol. The second kappa shape index (κ2) is 7.29. The summed E-state index contributed by atoms with van der Waals surface area (Å²) in [6.07, 6.45) is 6.54. The number of aliphatic imine (C=N–C) groups is 1. The van der Waals surface area contributed by atoms with Crippen molar-refractivity contribution < 1.29 is 9.00 Å². The first-order valence-corrected chi connectivity index (χ1v) is 9.34. The number of rotatable bonds is 5. The van der Waals surface area contributed by atoms with Crippen LogP contribution in [0.4, 0.5) is 5.00 Å². The quantitative estimate of drug-likeness (QED) is 0.823. The zero-order valence-corrected chi connectivity index (χ0v) is 14.2. The van der Waals surface area contributed by atoms with Crippen LogP contribution in [-0.2, 0) is 15.6 Å². The average Bonchev–Trinajstić information content (AvgIpc) is 2.86. The van der Waals surface area contributed by atoms with Gasteiger partial charge in [-0.25, -0.2) is 4.98 Å². The second-order valence-electron chi connectivity index (χ2n) is 4.58. The fourth-order valence-corrected chi connectivity index (χ4v) is 3.57. The molecule has 0 radical (unpaired) electrons. The van der Waals surface area contributed by atoms with Crippen LogP contribution >= 0.6 is 22.9 Å². The lowest BCUT2D eigenvalue weighted by Gasteiger charge is -2.14. The van der Waals surface area contributed by atoms with Gasteiger partial charge in [0.1, 0.15) is 10.0 Å². The summed E-state index contributed by atoms with van der Waals surface area (Å²) < 4.78 is 11.1. The Labute approximate surface area is 135 Å². The lowest BCUT2D eigenvalue weighted by atomic mass is 10.2. The molecule has 1 atom stereocenters. The van der Waals surface area contributed by atoms with Crippen molar-refractivity contribution in [2.24, 2.45) is 4.99 Å². The Balaban J connectivity index is 2.14. The first kappa shape index (κ1) is 16.3. The van der Waals surface area contributed by atoms with E-state index in [9.17, 15) is 9.00 Å². The smallest absolute Gasteiger partial charge is 0.228 e. The number of hydrogen-bond acceptors (Lipinski definition) is 5. The predicted molar refractivity (Wildman–Crippen MR) is 90.0 cm³/mol. The SMILES string of the molecule is CN(C(=O)CCS(C)=O)c1sc(C2=CCCN=C2)nc1Cl. The normalized spacial score (nSPS) is 15.7. The van der Waals surface area contributed by atoms with Gasteiger partial charge in [-0.05, 0) is 6.42 Å². The summed E-state index contributed by atoms with van der Waals surface area (Å²) in [6, 6.07) is 0. The summed E-state index contributed by atoms with van der Waals surface area (Å²) in [5.41, 5.74) is 0.940. The zero-order chi connectivity index (χ0) is 15.4. The van der Waals surface area contributed by atoms with E-state index in [0.717, 1.165) is 23.5 Å². The van der Waals surface area contributed by atoms with Crippen molar-refractivity contribution in [3.63, 3.8) is 0 Å². The molecule has 1 aliphatic heterocycles. The van der Waals surface area contributed by atoms with Crippen LogP contribution in [-0.4, -0.2) is 46.9 Å². The van der Waals surface area contributed by atoms with Crippen molar-refractivity contribution in [1.29, 1.82) is 0 Å². The number of dihydropyridines is 1. The maximum absolute atomic E-state index is 12.1. The molecule has 1 unspecified atom stereocenters. The van der Waals surface area contributed by atoms with E-state index in [1.165, 1.54) is 16.2 Å². The molecular formula is C13H16ClN3O2S2. The molecule has 1 amide bonds. The second-order valence-corrected chi connectivity index (χ2v) is 7.47. The predicted octanol–water partition coefficient (Wildman–Crippen LogP) is 2.39. The van der Waals surface area contributed by atoms with E-state index in [-0.39, 0.29) is 12.3 Å². The molecular weight excluding hydrogens is 330 g/mol. The highest BCUT2D eigenvalue weighted by atomic mass is 35.5. The van der Waals surface area contributed by atoms with Gasteiger partial charge in [0, 0.05) is 54.6 Å². The topological polar surface area (TPSA) is 62.6 Å². The standard InChI is InChI=1S/C13H16ClN3O2S2/c1-17(10(18)5-7-21(2)19)13-11(14)16-12(20-13)9-4-3-6-15-8-9/h4,8H,3,5-7H2,1-2H3. The van der Waals surface area contributed by atoms with Gasteiger partial charge in [-0.1, -0.05) is 29.0 Å². The molecule has 0 spiro atoms. The lowest BCUT2D eigenvalue weighted by molar-refractivity contribution is -0.117. The molecule has 0 aromatic carbocycles. The Bertz CT molecular complexity index is 625. The minimum Gasteiger partial charge on any atom is -0.304 e. The van der Waals surface area contributed by atoms with E-state index in [4.69, 9.17) is 11.6 Å². The van der Waals surface area contributed by atoms with E-state index >= 15 is 0 Å². The van der Waals surface area contributed by atoms with Gasteiger partial charge in [-0.15, -0.1) is 0 Å². The van der Waals surface area contributed by atoms with Crippen molar-refractivity contribution in [2.45, 2.75) is 12.8 Å². The number of nitrogens with zero attached hydrogens (tertiary/aromatic N) is 3. The van der Waals surface area contributed by atoms with Crippen molar-refractivity contribution >= 4 is 56.4 Å². The van der Waals surface area contributed by atoms with Gasteiger partial charge in [-0.2, -0.15) is 0 Å². The van der Waals surface area contributed by atoms with E-state index < -0.39 is 10.8 Å². The van der Waals surface area contributed by atoms with Crippen LogP contribution in [0, 0.1) is 0 Å². The fraction of sp³-hybridized carbons (Fsp3) is 0.462. The minimum atomic E-state index is -0.982. The van der Waals surface area contributed by atoms with E-state index in [1.54, 1.807) is 19.5 Å². The zero-order valence-electron chi connectivity index (χ0n) is 11.8. The summed E-state index contributed by atoms with van der Waals surface area (Å²) in [4.78, 5) is 22.1. The van der Waals surface area contributed by atoms with Crippen LogP contribution in [0.1, 0.15) is 17.8 Å². The summed E-state index contributed by atoms with van der Waals surface area (Å²) in [7, 11) is 0.678. The van der Waals surface area contributed by atoms with Crippen LogP contribution in [0.15, 0.2) is 11.1 Å². The molecule has 1 aliphatic rings. The molecule has 1 aromatic heterocycles. The van der Waals surface area contributed by atoms with Crippen molar-refractivity contribution in [1.82, 2.24) is 4.98 Å². The Hall–Kier alpha value is -1.05. The van der Waals surface area contributed by atoms with Crippen LogP contribution in [0.2, 0.25) is 5.15 Å². The molecule has 0 bridgehead atoms. The van der Waals surface area contributed by atoms with Gasteiger partial charge in [-0.3, -0.25) is 14.0 Å². The molecule has 0 saturated heterocycles. The summed E-state index contributed by atoms with van der Waals surface area (Å²) >= 11 is 7.50. The number of anilines is 1. The minimum absolute atomic E-state index is 0.117. The van der Waals surface area contributed by atoms with Crippen LogP contribution < -0.4 is 4.90 Å². The molecule has 0 aliphatic carbocycles. The third-order valence-corrected chi connectivity index (χ3v) is 5.29. The summed E-state index contributed by atoms with van der Waals surface area (Å²) in [5.74, 6) is 0.234. The van der Waals surface area contributed by atoms with Gasteiger partial charge < -0.3 is 4.90 Å². The Morgan fingerprint density at radius 2 is 2.33 bits per heavy atom. The summed E-state index contributed by atoms with van der Waals surface area (Å²) in [5, 5.41) is 1.68. The van der Waals surface area contributed by atoms with Gasteiger partial charge in [0.2, 0.25) is 5.91 Å². The van der Waals surface area contributed by atoms with Crippen LogP contribution in [0.25, 0.3) is 5.57 Å². The van der Waals surface area contributed by atoms with Gasteiger partial charge in [0.15, 0.2) is 5.15 Å². The highest BCUT2D eigenvalue weighted by Gasteiger charge is 2.20. The number of allylic oxidation sites excluding steroid dienone is 1. The highest BCUT2D eigenvalue weighted by Crippen LogP contribution is 2.35. The number of aromatic nitrogens is 1. The maximum Gasteiger partial charge on any atom is 0.228 e. The van der Waals surface area contributed by atoms with Gasteiger partial charge in [0.25, 0.3) is 0 Å².